The van der Waals surface area contributed by atoms with Gasteiger partial charge in [0.2, 0.25) is 0 Å². The van der Waals surface area contributed by atoms with Crippen LogP contribution in [0.25, 0.3) is 83.9 Å². The molecule has 4 nitrogen and oxygen atoms in total. The number of imidazole rings is 1. The fourth-order valence-electron chi connectivity index (χ4n) is 9.58. The maximum Gasteiger partial charge on any atom is 0.149 e. The van der Waals surface area contributed by atoms with E-state index in [9.17, 15) is 5.11 Å². The summed E-state index contributed by atoms with van der Waals surface area (Å²) in [5, 5.41) is 12.3. The maximum absolute atomic E-state index is 12.3. The van der Waals surface area contributed by atoms with Crippen molar-refractivity contribution in [3.63, 3.8) is 0 Å². The minimum Gasteiger partial charge on any atom is -0.507 e. The van der Waals surface area contributed by atoms with Crippen LogP contribution in [-0.2, 0) is 5.41 Å². The molecule has 2 aromatic heterocycles. The van der Waals surface area contributed by atoms with Gasteiger partial charge in [0.15, 0.2) is 0 Å². The van der Waals surface area contributed by atoms with Crippen LogP contribution in [0.1, 0.15) is 85.3 Å². The number of hydrogen-bond donors (Lipinski definition) is 1. The molecule has 68 heavy (non-hydrogen) atoms. The van der Waals surface area contributed by atoms with E-state index in [0.717, 1.165) is 77.9 Å². The summed E-state index contributed by atoms with van der Waals surface area (Å²) in [6, 6.07) is 66.1. The summed E-state index contributed by atoms with van der Waals surface area (Å²) in [5.41, 5.74) is 15.9. The topological polar surface area (TPSA) is 50.9 Å². The number of phenols is 1. The maximum atomic E-state index is 12.3. The first-order valence-electron chi connectivity index (χ1n) is 25.1. The molecule has 1 N–H and O–H groups in total. The van der Waals surface area contributed by atoms with Crippen LogP contribution < -0.4 is 0 Å². The number of nitrogens with zero attached hydrogens (tertiary/aromatic N) is 3. The summed E-state index contributed by atoms with van der Waals surface area (Å²) in [6.07, 6.45) is 1.72. The molecular formula is C64H57N3O. The molecule has 10 rings (SSSR count). The molecule has 10 aromatic rings. The van der Waals surface area contributed by atoms with Gasteiger partial charge in [0.1, 0.15) is 11.6 Å². The highest BCUT2D eigenvalue weighted by Gasteiger charge is 2.26. The second kappa shape index (κ2) is 18.1. The third-order valence-corrected chi connectivity index (χ3v) is 13.5. The molecule has 0 saturated carbocycles. The molecular weight excluding hydrogens is 827 g/mol. The third kappa shape index (κ3) is 8.21. The van der Waals surface area contributed by atoms with Gasteiger partial charge in [0.25, 0.3) is 0 Å². The molecule has 0 atom stereocenters. The molecule has 0 unspecified atom stereocenters. The van der Waals surface area contributed by atoms with Crippen LogP contribution >= 0.6 is 0 Å². The van der Waals surface area contributed by atoms with Crippen molar-refractivity contribution in [2.75, 3.05) is 0 Å². The van der Waals surface area contributed by atoms with Gasteiger partial charge in [0.05, 0.1) is 28.0 Å². The van der Waals surface area contributed by atoms with E-state index in [-0.39, 0.29) is 28.6 Å². The van der Waals surface area contributed by atoms with Crippen LogP contribution in [0.2, 0.25) is 0 Å². The minimum absolute atomic E-state index is 0.0713. The van der Waals surface area contributed by atoms with Crippen LogP contribution in [0.15, 0.2) is 200 Å². The average molecular weight is 887 g/mol. The van der Waals surface area contributed by atoms with Crippen molar-refractivity contribution in [3.05, 3.63) is 228 Å². The molecule has 0 fully saturated rings. The third-order valence-electron chi connectivity index (χ3n) is 13.5. The Hall–Kier alpha value is -7.82. The molecule has 0 bridgehead atoms. The predicted molar refractivity (Wildman–Crippen MR) is 285 cm³/mol. The summed E-state index contributed by atoms with van der Waals surface area (Å²) in [7, 11) is 0. The van der Waals surface area contributed by atoms with Crippen molar-refractivity contribution >= 4 is 11.0 Å². The first kappa shape index (κ1) is 40.5. The lowest BCUT2D eigenvalue weighted by molar-refractivity contribution is 0.466. The number of phenolic OH excluding ortho intramolecular Hbond substituents is 1. The van der Waals surface area contributed by atoms with Gasteiger partial charge in [0, 0.05) is 38.0 Å². The van der Waals surface area contributed by atoms with Gasteiger partial charge in [-0.1, -0.05) is 193 Å². The number of fused-ring (bicyclic) bond motifs is 1. The monoisotopic (exact) mass is 886 g/mol. The van der Waals surface area contributed by atoms with Gasteiger partial charge in [-0.25, -0.2) is 4.98 Å². The Morgan fingerprint density at radius 3 is 1.85 bits per heavy atom. The number of aromatic nitrogens is 3. The molecule has 0 saturated heterocycles. The lowest BCUT2D eigenvalue weighted by Crippen LogP contribution is -2.18. The number of benzene rings is 8. The Balaban J connectivity index is 1.20. The van der Waals surface area contributed by atoms with E-state index < -0.39 is 6.85 Å². The number of para-hydroxylation sites is 2. The van der Waals surface area contributed by atoms with Crippen LogP contribution in [0.3, 0.4) is 0 Å². The van der Waals surface area contributed by atoms with E-state index in [4.69, 9.17) is 14.1 Å². The van der Waals surface area contributed by atoms with Crippen LogP contribution in [0.4, 0.5) is 0 Å². The van der Waals surface area contributed by atoms with Gasteiger partial charge < -0.3 is 5.11 Å². The fraction of sp³-hybridized carbons (Fsp3) is 0.156. The van der Waals surface area contributed by atoms with Gasteiger partial charge in [-0.15, -0.1) is 0 Å². The van der Waals surface area contributed by atoms with Gasteiger partial charge in [-0.3, -0.25) is 9.55 Å². The van der Waals surface area contributed by atoms with Crippen LogP contribution in [0.5, 0.6) is 5.75 Å². The molecule has 4 heteroatoms. The van der Waals surface area contributed by atoms with E-state index in [1.165, 1.54) is 5.56 Å². The van der Waals surface area contributed by atoms with E-state index in [0.29, 0.717) is 22.6 Å². The first-order valence-corrected chi connectivity index (χ1v) is 23.6. The highest BCUT2D eigenvalue weighted by molar-refractivity contribution is 5.98. The van der Waals surface area contributed by atoms with Crippen molar-refractivity contribution in [2.45, 2.75) is 65.6 Å². The molecule has 0 amide bonds. The smallest absolute Gasteiger partial charge is 0.149 e. The van der Waals surface area contributed by atoms with Crippen molar-refractivity contribution < 1.29 is 9.22 Å². The summed E-state index contributed by atoms with van der Waals surface area (Å²) in [5.74, 6) is 1.13. The molecule has 8 aromatic carbocycles. The fourth-order valence-corrected chi connectivity index (χ4v) is 9.58. The van der Waals surface area contributed by atoms with Gasteiger partial charge >= 0.3 is 0 Å². The van der Waals surface area contributed by atoms with Crippen molar-refractivity contribution in [3.8, 4) is 78.6 Å². The predicted octanol–water partition coefficient (Wildman–Crippen LogP) is 17.0. The Morgan fingerprint density at radius 2 is 1.13 bits per heavy atom. The zero-order chi connectivity index (χ0) is 49.6. The Labute approximate surface area is 405 Å². The zero-order valence-corrected chi connectivity index (χ0v) is 39.5. The van der Waals surface area contributed by atoms with E-state index >= 15 is 0 Å². The highest BCUT2D eigenvalue weighted by Crippen LogP contribution is 2.44. The van der Waals surface area contributed by atoms with Gasteiger partial charge in [-0.2, -0.15) is 0 Å². The number of pyridine rings is 1. The number of rotatable bonds is 11. The normalized spacial score (nSPS) is 12.6. The van der Waals surface area contributed by atoms with Crippen molar-refractivity contribution in [1.82, 2.24) is 14.5 Å². The number of aromatic hydroxyl groups is 1. The SMILES string of the molecule is [2H]C([2H])([2H])c1cc(-c2cc(-c3ccccc3)cc(-c3cccc4c3nc(-c3cc(C(C)C)cc(C(C)C)c3O)n4-c3ccccc3-c3ccccc3)c2)ncc1-c1cccc(C(C)(C)c2ccccc2)c1. The molecule has 0 spiro atoms. The number of hydrogen-bond acceptors (Lipinski definition) is 3. The summed E-state index contributed by atoms with van der Waals surface area (Å²) in [6.45, 7) is 10.5. The average Bonchev–Trinajstić information content (AvgIpc) is 3.78. The quantitative estimate of drug-likeness (QED) is 0.141. The Kier molecular flexibility index (Phi) is 10.8. The lowest BCUT2D eigenvalue weighted by Gasteiger charge is -2.26. The summed E-state index contributed by atoms with van der Waals surface area (Å²) >= 11 is 0. The van der Waals surface area contributed by atoms with Gasteiger partial charge in [-0.05, 0) is 117 Å². The highest BCUT2D eigenvalue weighted by atomic mass is 16.3. The molecule has 0 aliphatic rings. The van der Waals surface area contributed by atoms with Crippen molar-refractivity contribution in [1.29, 1.82) is 0 Å². The molecule has 0 radical (unpaired) electrons. The summed E-state index contributed by atoms with van der Waals surface area (Å²) in [4.78, 5) is 10.7. The van der Waals surface area contributed by atoms with E-state index in [1.807, 2.05) is 54.6 Å². The second-order valence-electron chi connectivity index (χ2n) is 19.0. The van der Waals surface area contributed by atoms with E-state index in [2.05, 4.69) is 180 Å². The molecule has 334 valence electrons. The minimum atomic E-state index is -2.43. The summed E-state index contributed by atoms with van der Waals surface area (Å²) < 4.78 is 28.8. The molecule has 2 heterocycles. The lowest BCUT2D eigenvalue weighted by atomic mass is 9.77. The van der Waals surface area contributed by atoms with E-state index in [1.54, 1.807) is 12.3 Å². The van der Waals surface area contributed by atoms with Crippen LogP contribution in [-0.4, -0.2) is 19.6 Å². The largest absolute Gasteiger partial charge is 0.507 e. The second-order valence-corrected chi connectivity index (χ2v) is 19.0. The number of aryl methyl sites for hydroxylation is 1. The Morgan fingerprint density at radius 1 is 0.515 bits per heavy atom. The van der Waals surface area contributed by atoms with Crippen LogP contribution in [0, 0.1) is 6.85 Å². The first-order chi connectivity index (χ1) is 34.2. The molecule has 0 aliphatic carbocycles. The van der Waals surface area contributed by atoms with Crippen molar-refractivity contribution in [2.24, 2.45) is 0 Å². The standard InChI is InChI=1S/C64H57N3O/c1-41(2)47-38-55(42(3)4)62(68)56(39-47)63-66-61-54(30-20-32-60(61)67(63)59-31-18-17-29-53(59)45-23-13-9-14-24-45)49-34-48(44-21-11-8-12-22-44)35-50(36-49)58-33-43(5)57(40-65-58)46-25-19-28-52(37-46)64(6,7)51-26-15-10-16-27-51/h8-42,68H,1-7H3/i5D3. The zero-order valence-electron chi connectivity index (χ0n) is 42.5. The Bertz CT molecular complexity index is 3560. The molecule has 0 aliphatic heterocycles.